The first-order valence-corrected chi connectivity index (χ1v) is 16.3. The molecule has 214 valence electrons. The summed E-state index contributed by atoms with van der Waals surface area (Å²) in [6.45, 7) is 2.89. The Morgan fingerprint density at radius 3 is 1.21 bits per heavy atom. The highest BCUT2D eigenvalue weighted by Crippen LogP contribution is 2.40. The van der Waals surface area contributed by atoms with Gasteiger partial charge in [-0.25, -0.2) is 0 Å². The molecule has 0 fully saturated rings. The summed E-state index contributed by atoms with van der Waals surface area (Å²) < 4.78 is 5.33. The minimum atomic E-state index is -0.257. The zero-order chi connectivity index (χ0) is 29.9. The number of amides is 4. The predicted molar refractivity (Wildman–Crippen MR) is 173 cm³/mol. The van der Waals surface area contributed by atoms with Crippen LogP contribution in [0.5, 0.6) is 0 Å². The number of hydrogen-bond donors (Lipinski definition) is 4. The number of benzene rings is 4. The Balaban J connectivity index is 1.40. The van der Waals surface area contributed by atoms with Gasteiger partial charge >= 0.3 is 0 Å². The third-order valence-electron chi connectivity index (χ3n) is 5.33. The summed E-state index contributed by atoms with van der Waals surface area (Å²) in [4.78, 5) is 51.7. The van der Waals surface area contributed by atoms with Crippen LogP contribution in [0.4, 0.5) is 11.4 Å². The Hall–Kier alpha value is -3.84. The minimum Gasteiger partial charge on any atom is -0.322 e. The van der Waals surface area contributed by atoms with Crippen LogP contribution in [0, 0.1) is 0 Å². The fourth-order valence-corrected chi connectivity index (χ4v) is 6.84. The molecule has 0 radical (unpaired) electrons. The number of rotatable bonds is 11. The largest absolute Gasteiger partial charge is 0.322 e. The van der Waals surface area contributed by atoms with E-state index in [0.29, 0.717) is 22.5 Å². The normalized spacial score (nSPS) is 10.4. The molecule has 4 aromatic carbocycles. The third-order valence-corrected chi connectivity index (χ3v) is 9.61. The molecule has 4 N–H and O–H groups in total. The van der Waals surface area contributed by atoms with E-state index in [-0.39, 0.29) is 23.6 Å². The lowest BCUT2D eigenvalue weighted by atomic mass is 10.2. The molecule has 0 aliphatic heterocycles. The van der Waals surface area contributed by atoms with Crippen LogP contribution in [-0.4, -0.2) is 23.6 Å². The van der Waals surface area contributed by atoms with Crippen LogP contribution in [0.3, 0.4) is 0 Å². The topological polar surface area (TPSA) is 116 Å². The first-order valence-electron chi connectivity index (χ1n) is 12.5. The number of anilines is 2. The van der Waals surface area contributed by atoms with Crippen LogP contribution in [-0.2, 0) is 9.59 Å². The lowest BCUT2D eigenvalue weighted by molar-refractivity contribution is -0.118. The Morgan fingerprint density at radius 1 is 0.500 bits per heavy atom. The van der Waals surface area contributed by atoms with Gasteiger partial charge < -0.3 is 10.6 Å². The molecule has 4 aromatic rings. The Morgan fingerprint density at radius 2 is 0.857 bits per heavy atom. The average Bonchev–Trinajstić information content (AvgIpc) is 2.99. The molecule has 0 unspecified atom stereocenters. The second kappa shape index (κ2) is 15.4. The van der Waals surface area contributed by atoms with Crippen molar-refractivity contribution < 1.29 is 19.2 Å². The zero-order valence-corrected chi connectivity index (χ0v) is 25.8. The van der Waals surface area contributed by atoms with Crippen molar-refractivity contribution in [3.63, 3.8) is 0 Å². The van der Waals surface area contributed by atoms with Crippen LogP contribution in [0.15, 0.2) is 117 Å². The van der Waals surface area contributed by atoms with E-state index in [0.717, 1.165) is 19.6 Å². The van der Waals surface area contributed by atoms with Crippen molar-refractivity contribution in [2.75, 3.05) is 10.6 Å². The van der Waals surface area contributed by atoms with Gasteiger partial charge in [0.2, 0.25) is 11.8 Å². The highest BCUT2D eigenvalue weighted by molar-refractivity contribution is 8.76. The van der Waals surface area contributed by atoms with E-state index in [1.165, 1.54) is 59.3 Å². The maximum Gasteiger partial charge on any atom is 0.256 e. The standard InChI is InChI=1S/C30H26N4O4S4/c1-19(35)33-39-23-15-11-21(12-16-23)31-29(37)25-7-3-5-9-27(25)41-42-28-10-6-4-8-26(28)30(38)32-22-13-17-24(18-14-22)40-34-20(2)36/h3-18H,1-2H3,(H,31,37)(H,32,38)(H,33,35)(H,34,36). The predicted octanol–water partition coefficient (Wildman–Crippen LogP) is 7.28. The van der Waals surface area contributed by atoms with E-state index in [1.54, 1.807) is 48.5 Å². The quantitative estimate of drug-likeness (QED) is 0.101. The van der Waals surface area contributed by atoms with Crippen molar-refractivity contribution in [2.24, 2.45) is 0 Å². The highest BCUT2D eigenvalue weighted by Gasteiger charge is 2.16. The third kappa shape index (κ3) is 9.35. The van der Waals surface area contributed by atoms with Crippen LogP contribution in [0.25, 0.3) is 0 Å². The molecule has 0 saturated heterocycles. The Bertz CT molecular complexity index is 1460. The Kier molecular flexibility index (Phi) is 11.4. The monoisotopic (exact) mass is 634 g/mol. The number of nitrogens with one attached hydrogen (secondary N) is 4. The van der Waals surface area contributed by atoms with Crippen LogP contribution in [0.1, 0.15) is 34.6 Å². The molecular weight excluding hydrogens is 609 g/mol. The summed E-state index contributed by atoms with van der Waals surface area (Å²) in [5.74, 6) is -0.797. The van der Waals surface area contributed by atoms with Gasteiger partial charge in [-0.15, -0.1) is 0 Å². The van der Waals surface area contributed by atoms with E-state index < -0.39 is 0 Å². The van der Waals surface area contributed by atoms with Crippen LogP contribution >= 0.6 is 45.5 Å². The summed E-state index contributed by atoms with van der Waals surface area (Å²) in [6.07, 6.45) is 0. The van der Waals surface area contributed by atoms with Gasteiger partial charge in [0.1, 0.15) is 0 Å². The van der Waals surface area contributed by atoms with Gasteiger partial charge in [-0.1, -0.05) is 45.9 Å². The molecule has 0 saturated carbocycles. The maximum atomic E-state index is 13.1. The van der Waals surface area contributed by atoms with Gasteiger partial charge in [0.05, 0.1) is 11.1 Å². The first-order chi connectivity index (χ1) is 20.3. The SMILES string of the molecule is CC(=O)NSc1ccc(NC(=O)c2ccccc2SSc2ccccc2C(=O)Nc2ccc(SNC(C)=O)cc2)cc1. The molecular formula is C30H26N4O4S4. The van der Waals surface area contributed by atoms with Crippen molar-refractivity contribution >= 4 is 80.5 Å². The molecule has 8 nitrogen and oxygen atoms in total. The molecule has 0 aliphatic carbocycles. The van der Waals surface area contributed by atoms with Gasteiger partial charge in [0, 0.05) is 44.8 Å². The van der Waals surface area contributed by atoms with Crippen LogP contribution < -0.4 is 20.1 Å². The molecule has 4 rings (SSSR count). The van der Waals surface area contributed by atoms with Gasteiger partial charge in [0.25, 0.3) is 11.8 Å². The second-order valence-electron chi connectivity index (χ2n) is 8.64. The zero-order valence-electron chi connectivity index (χ0n) is 22.5. The lowest BCUT2D eigenvalue weighted by Gasteiger charge is -2.12. The van der Waals surface area contributed by atoms with Crippen molar-refractivity contribution in [3.05, 3.63) is 108 Å². The second-order valence-corrected chi connectivity index (χ2v) is 12.6. The fraction of sp³-hybridized carbons (Fsp3) is 0.0667. The molecule has 0 spiro atoms. The number of hydrogen-bond acceptors (Lipinski definition) is 8. The van der Waals surface area contributed by atoms with Gasteiger partial charge in [0.15, 0.2) is 0 Å². The van der Waals surface area contributed by atoms with Gasteiger partial charge in [-0.2, -0.15) is 0 Å². The van der Waals surface area contributed by atoms with Gasteiger partial charge in [-0.3, -0.25) is 28.6 Å². The van der Waals surface area contributed by atoms with Crippen molar-refractivity contribution in [2.45, 2.75) is 33.4 Å². The fourth-order valence-electron chi connectivity index (χ4n) is 3.41. The van der Waals surface area contributed by atoms with Crippen molar-refractivity contribution in [3.8, 4) is 0 Å². The average molecular weight is 635 g/mol. The number of carbonyl (C=O) groups excluding carboxylic acids is 4. The molecule has 0 aromatic heterocycles. The molecule has 12 heteroatoms. The smallest absolute Gasteiger partial charge is 0.256 e. The molecule has 0 atom stereocenters. The molecule has 4 amide bonds. The maximum absolute atomic E-state index is 13.1. The van der Waals surface area contributed by atoms with E-state index in [9.17, 15) is 19.2 Å². The van der Waals surface area contributed by atoms with Crippen molar-refractivity contribution in [1.29, 1.82) is 0 Å². The highest BCUT2D eigenvalue weighted by atomic mass is 33.1. The molecule has 42 heavy (non-hydrogen) atoms. The van der Waals surface area contributed by atoms with E-state index >= 15 is 0 Å². The van der Waals surface area contributed by atoms with E-state index in [1.807, 2.05) is 48.5 Å². The summed E-state index contributed by atoms with van der Waals surface area (Å²) in [6, 6.07) is 28.9. The lowest BCUT2D eigenvalue weighted by Crippen LogP contribution is -2.13. The summed E-state index contributed by atoms with van der Waals surface area (Å²) in [7, 11) is 2.79. The Labute approximate surface area is 260 Å². The summed E-state index contributed by atoms with van der Waals surface area (Å²) >= 11 is 2.41. The summed E-state index contributed by atoms with van der Waals surface area (Å²) in [5, 5.41) is 5.84. The molecule has 0 aliphatic rings. The molecule has 0 bridgehead atoms. The van der Waals surface area contributed by atoms with E-state index in [2.05, 4.69) is 20.1 Å². The van der Waals surface area contributed by atoms with Crippen molar-refractivity contribution in [1.82, 2.24) is 9.44 Å². The van der Waals surface area contributed by atoms with Crippen LogP contribution in [0.2, 0.25) is 0 Å². The van der Waals surface area contributed by atoms with Gasteiger partial charge in [-0.05, 0) is 96.7 Å². The van der Waals surface area contributed by atoms with E-state index in [4.69, 9.17) is 0 Å². The number of carbonyl (C=O) groups is 4. The summed E-state index contributed by atoms with van der Waals surface area (Å²) in [5.41, 5.74) is 2.27. The molecule has 0 heterocycles. The minimum absolute atomic E-state index is 0.141. The first kappa shape index (κ1) is 31.1.